The fourth-order valence-electron chi connectivity index (χ4n) is 4.36. The molecule has 5 heteroatoms. The van der Waals surface area contributed by atoms with Gasteiger partial charge >= 0.3 is 0 Å². The molecule has 138 valence electrons. The van der Waals surface area contributed by atoms with Crippen molar-refractivity contribution in [1.82, 2.24) is 10.2 Å². The van der Waals surface area contributed by atoms with Crippen molar-refractivity contribution in [2.24, 2.45) is 0 Å². The molecule has 1 aliphatic carbocycles. The highest BCUT2D eigenvalue weighted by Gasteiger charge is 2.44. The van der Waals surface area contributed by atoms with E-state index in [1.807, 2.05) is 0 Å². The molecule has 1 fully saturated rings. The highest BCUT2D eigenvalue weighted by molar-refractivity contribution is 5.39. The number of nitrogens with zero attached hydrogens (tertiary/aromatic N) is 1. The number of fused-ring (bicyclic) bond motifs is 1. The lowest BCUT2D eigenvalue weighted by atomic mass is 9.89. The number of hydrogen-bond acceptors (Lipinski definition) is 3. The Kier molecular flexibility index (Phi) is 5.02. The van der Waals surface area contributed by atoms with Gasteiger partial charge in [-0.25, -0.2) is 8.78 Å². The van der Waals surface area contributed by atoms with Crippen LogP contribution in [0.1, 0.15) is 23.1 Å². The first-order chi connectivity index (χ1) is 12.7. The van der Waals surface area contributed by atoms with Gasteiger partial charge in [0.15, 0.2) is 0 Å². The number of benzene rings is 2. The van der Waals surface area contributed by atoms with Gasteiger partial charge in [-0.3, -0.25) is 4.90 Å². The van der Waals surface area contributed by atoms with E-state index >= 15 is 0 Å². The maximum Gasteiger partial charge on any atom is 0.126 e. The lowest BCUT2D eigenvalue weighted by Crippen LogP contribution is -2.55. The number of piperazine rings is 1. The average Bonchev–Trinajstić information content (AvgIpc) is 3.02. The van der Waals surface area contributed by atoms with Crippen molar-refractivity contribution in [3.8, 4) is 0 Å². The van der Waals surface area contributed by atoms with Crippen LogP contribution in [0.15, 0.2) is 42.5 Å². The van der Waals surface area contributed by atoms with Crippen LogP contribution in [0.2, 0.25) is 0 Å². The van der Waals surface area contributed by atoms with Crippen molar-refractivity contribution < 1.29 is 13.5 Å². The van der Waals surface area contributed by atoms with E-state index in [0.29, 0.717) is 12.2 Å². The van der Waals surface area contributed by atoms with Gasteiger partial charge in [-0.2, -0.15) is 0 Å². The van der Waals surface area contributed by atoms with E-state index in [9.17, 15) is 8.78 Å². The van der Waals surface area contributed by atoms with Gasteiger partial charge in [0.05, 0.1) is 18.8 Å². The van der Waals surface area contributed by atoms with Crippen molar-refractivity contribution in [2.75, 3.05) is 32.8 Å². The van der Waals surface area contributed by atoms with Gasteiger partial charge in [-0.05, 0) is 41.7 Å². The molecule has 0 unspecified atom stereocenters. The molecule has 2 aromatic carbocycles. The lowest BCUT2D eigenvalue weighted by Gasteiger charge is -2.44. The van der Waals surface area contributed by atoms with Gasteiger partial charge in [-0.1, -0.05) is 24.3 Å². The molecule has 26 heavy (non-hydrogen) atoms. The molecule has 1 N–H and O–H groups in total. The van der Waals surface area contributed by atoms with E-state index in [4.69, 9.17) is 4.74 Å². The van der Waals surface area contributed by atoms with Gasteiger partial charge in [-0.15, -0.1) is 0 Å². The fourth-order valence-corrected chi connectivity index (χ4v) is 4.36. The second-order valence-corrected chi connectivity index (χ2v) is 7.20. The Morgan fingerprint density at radius 2 is 1.77 bits per heavy atom. The summed E-state index contributed by atoms with van der Waals surface area (Å²) in [6.45, 7) is 4.64. The van der Waals surface area contributed by atoms with Crippen LogP contribution in [0.3, 0.4) is 0 Å². The third kappa shape index (κ3) is 3.39. The predicted molar refractivity (Wildman–Crippen MR) is 96.9 cm³/mol. The van der Waals surface area contributed by atoms with E-state index in [0.717, 1.165) is 45.1 Å². The van der Waals surface area contributed by atoms with Crippen LogP contribution in [0.25, 0.3) is 0 Å². The fraction of sp³-hybridized carbons (Fsp3) is 0.429. The van der Waals surface area contributed by atoms with Gasteiger partial charge in [0.1, 0.15) is 11.6 Å². The lowest BCUT2D eigenvalue weighted by molar-refractivity contribution is -0.0241. The minimum Gasteiger partial charge on any atom is -0.374 e. The van der Waals surface area contributed by atoms with Crippen molar-refractivity contribution in [1.29, 1.82) is 0 Å². The SMILES string of the molecule is Fc1cc(F)cc(COC[C@]2(N3CCNCC3)CCc3ccccc32)c1. The maximum atomic E-state index is 13.4. The molecular formula is C21H24F2N2O. The Bertz CT molecular complexity index is 756. The van der Waals surface area contributed by atoms with Crippen LogP contribution in [-0.2, 0) is 23.3 Å². The van der Waals surface area contributed by atoms with E-state index < -0.39 is 11.6 Å². The van der Waals surface area contributed by atoms with Crippen LogP contribution in [0.4, 0.5) is 8.78 Å². The Morgan fingerprint density at radius 3 is 2.54 bits per heavy atom. The summed E-state index contributed by atoms with van der Waals surface area (Å²) in [6, 6.07) is 12.1. The zero-order valence-electron chi connectivity index (χ0n) is 14.8. The van der Waals surface area contributed by atoms with Crippen LogP contribution < -0.4 is 5.32 Å². The molecule has 0 aromatic heterocycles. The first-order valence-corrected chi connectivity index (χ1v) is 9.24. The summed E-state index contributed by atoms with van der Waals surface area (Å²) in [5.74, 6) is -1.13. The molecule has 0 saturated carbocycles. The van der Waals surface area contributed by atoms with Crippen molar-refractivity contribution in [2.45, 2.75) is 25.0 Å². The molecule has 2 aromatic rings. The van der Waals surface area contributed by atoms with Gasteiger partial charge < -0.3 is 10.1 Å². The monoisotopic (exact) mass is 358 g/mol. The molecule has 0 bridgehead atoms. The zero-order chi connectivity index (χ0) is 18.0. The summed E-state index contributed by atoms with van der Waals surface area (Å²) in [4.78, 5) is 2.52. The highest BCUT2D eigenvalue weighted by atomic mass is 19.1. The highest BCUT2D eigenvalue weighted by Crippen LogP contribution is 2.42. The molecule has 0 amide bonds. The number of ether oxygens (including phenoxy) is 1. The van der Waals surface area contributed by atoms with Crippen molar-refractivity contribution in [3.05, 3.63) is 70.8 Å². The predicted octanol–water partition coefficient (Wildman–Crippen LogP) is 3.23. The summed E-state index contributed by atoms with van der Waals surface area (Å²) in [5.41, 5.74) is 3.10. The largest absolute Gasteiger partial charge is 0.374 e. The van der Waals surface area contributed by atoms with E-state index in [1.165, 1.54) is 23.3 Å². The van der Waals surface area contributed by atoms with Crippen molar-refractivity contribution >= 4 is 0 Å². The first-order valence-electron chi connectivity index (χ1n) is 9.24. The summed E-state index contributed by atoms with van der Waals surface area (Å²) in [6.07, 6.45) is 2.06. The van der Waals surface area contributed by atoms with E-state index in [1.54, 1.807) is 0 Å². The number of aryl methyl sites for hydroxylation is 1. The molecule has 1 heterocycles. The van der Waals surface area contributed by atoms with Crippen LogP contribution in [0, 0.1) is 11.6 Å². The molecule has 0 radical (unpaired) electrons. The minimum absolute atomic E-state index is 0.148. The standard InChI is InChI=1S/C21H24F2N2O/c22-18-11-16(12-19(23)13-18)14-26-15-21(25-9-7-24-8-10-25)6-5-17-3-1-2-4-20(17)21/h1-4,11-13,24H,5-10,14-15H2/t21-/m1/s1. The maximum absolute atomic E-state index is 13.4. The Morgan fingerprint density at radius 1 is 1.04 bits per heavy atom. The average molecular weight is 358 g/mol. The third-order valence-electron chi connectivity index (χ3n) is 5.58. The van der Waals surface area contributed by atoms with Crippen LogP contribution >= 0.6 is 0 Å². The molecule has 2 aliphatic rings. The number of rotatable bonds is 5. The Balaban J connectivity index is 1.54. The second kappa shape index (κ2) is 7.43. The number of hydrogen-bond donors (Lipinski definition) is 1. The first kappa shape index (κ1) is 17.6. The Labute approximate surface area is 153 Å². The molecular weight excluding hydrogens is 334 g/mol. The van der Waals surface area contributed by atoms with Crippen LogP contribution in [0.5, 0.6) is 0 Å². The molecule has 3 nitrogen and oxygen atoms in total. The minimum atomic E-state index is -0.563. The normalized spacial score (nSPS) is 23.2. The van der Waals surface area contributed by atoms with Gasteiger partial charge in [0, 0.05) is 32.2 Å². The summed E-state index contributed by atoms with van der Waals surface area (Å²) >= 11 is 0. The van der Waals surface area contributed by atoms with Crippen molar-refractivity contribution in [3.63, 3.8) is 0 Å². The quantitative estimate of drug-likeness (QED) is 0.888. The molecule has 1 aliphatic heterocycles. The van der Waals surface area contributed by atoms with E-state index in [-0.39, 0.29) is 12.1 Å². The smallest absolute Gasteiger partial charge is 0.126 e. The molecule has 0 spiro atoms. The topological polar surface area (TPSA) is 24.5 Å². The summed E-state index contributed by atoms with van der Waals surface area (Å²) < 4.78 is 32.8. The number of halogens is 2. The number of nitrogens with one attached hydrogen (secondary N) is 1. The van der Waals surface area contributed by atoms with E-state index in [2.05, 4.69) is 34.5 Å². The summed E-state index contributed by atoms with van der Waals surface area (Å²) in [5, 5.41) is 3.41. The van der Waals surface area contributed by atoms with Gasteiger partial charge in [0.2, 0.25) is 0 Å². The van der Waals surface area contributed by atoms with Gasteiger partial charge in [0.25, 0.3) is 0 Å². The molecule has 1 atom stereocenters. The second-order valence-electron chi connectivity index (χ2n) is 7.20. The zero-order valence-corrected chi connectivity index (χ0v) is 14.8. The van der Waals surface area contributed by atoms with Crippen LogP contribution in [-0.4, -0.2) is 37.7 Å². The molecule has 4 rings (SSSR count). The molecule has 1 saturated heterocycles. The Hall–Kier alpha value is -1.82. The summed E-state index contributed by atoms with van der Waals surface area (Å²) in [7, 11) is 0. The third-order valence-corrected chi connectivity index (χ3v) is 5.58.